The molecule has 2 amide bonds. The molecule has 1 heterocycles. The molecule has 0 atom stereocenters. The number of halogens is 3. The Morgan fingerprint density at radius 2 is 1.69 bits per heavy atom. The van der Waals surface area contributed by atoms with Crippen LogP contribution in [-0.4, -0.2) is 26.8 Å². The van der Waals surface area contributed by atoms with E-state index in [1.807, 2.05) is 0 Å². The van der Waals surface area contributed by atoms with Gasteiger partial charge in [-0.25, -0.2) is 0 Å². The molecule has 10 heteroatoms. The summed E-state index contributed by atoms with van der Waals surface area (Å²) in [6.07, 6.45) is -4.74. The second-order valence-electron chi connectivity index (χ2n) is 6.15. The molecule has 0 bridgehead atoms. The molecule has 0 aliphatic carbocycles. The maximum absolute atomic E-state index is 13.4. The van der Waals surface area contributed by atoms with Crippen molar-refractivity contribution in [3.63, 3.8) is 0 Å². The Morgan fingerprint density at radius 3 is 2.31 bits per heavy atom. The second kappa shape index (κ2) is 7.74. The fourth-order valence-electron chi connectivity index (χ4n) is 2.62. The highest BCUT2D eigenvalue weighted by atomic mass is 19.4. The van der Waals surface area contributed by atoms with Gasteiger partial charge in [0.05, 0.1) is 22.6 Å². The van der Waals surface area contributed by atoms with Gasteiger partial charge >= 0.3 is 6.18 Å². The van der Waals surface area contributed by atoms with Gasteiger partial charge in [0.25, 0.3) is 5.91 Å². The van der Waals surface area contributed by atoms with E-state index in [1.54, 1.807) is 30.3 Å². The lowest BCUT2D eigenvalue weighted by molar-refractivity contribution is -0.137. The zero-order valence-corrected chi connectivity index (χ0v) is 15.4. The van der Waals surface area contributed by atoms with Crippen molar-refractivity contribution >= 4 is 23.2 Å². The van der Waals surface area contributed by atoms with Crippen LogP contribution in [0.4, 0.5) is 24.5 Å². The first-order chi connectivity index (χ1) is 13.6. The molecule has 0 spiro atoms. The van der Waals surface area contributed by atoms with Crippen molar-refractivity contribution < 1.29 is 22.8 Å². The molecule has 0 fully saturated rings. The van der Waals surface area contributed by atoms with Crippen LogP contribution in [0.15, 0.2) is 48.5 Å². The molecule has 1 aromatic heterocycles. The highest BCUT2D eigenvalue weighted by molar-refractivity contribution is 6.04. The third-order valence-corrected chi connectivity index (χ3v) is 3.88. The topological polar surface area (TPSA) is 88.9 Å². The van der Waals surface area contributed by atoms with E-state index in [0.717, 1.165) is 12.1 Å². The first-order valence-electron chi connectivity index (χ1n) is 8.44. The number of aromatic nitrogens is 3. The van der Waals surface area contributed by atoms with Crippen molar-refractivity contribution in [1.82, 2.24) is 15.0 Å². The Kier molecular flexibility index (Phi) is 5.35. The van der Waals surface area contributed by atoms with E-state index in [2.05, 4.69) is 20.8 Å². The van der Waals surface area contributed by atoms with Crippen molar-refractivity contribution in [2.45, 2.75) is 20.0 Å². The maximum Gasteiger partial charge on any atom is 0.418 e. The number of rotatable bonds is 4. The number of nitrogens with zero attached hydrogens (tertiary/aromatic N) is 3. The Hall–Kier alpha value is -3.69. The first kappa shape index (κ1) is 20.1. The number of para-hydroxylation sites is 1. The molecule has 0 aliphatic rings. The minimum absolute atomic E-state index is 0.0333. The van der Waals surface area contributed by atoms with Crippen molar-refractivity contribution in [2.24, 2.45) is 0 Å². The van der Waals surface area contributed by atoms with Crippen LogP contribution in [0.25, 0.3) is 5.69 Å². The molecule has 2 aromatic carbocycles. The average molecular weight is 403 g/mol. The molecule has 2 N–H and O–H groups in total. The van der Waals surface area contributed by atoms with Crippen LogP contribution in [-0.2, 0) is 11.0 Å². The van der Waals surface area contributed by atoms with E-state index in [9.17, 15) is 22.8 Å². The fraction of sp³-hybridized carbons (Fsp3) is 0.158. The number of nitrogens with one attached hydrogen (secondary N) is 2. The number of alkyl halides is 3. The number of carbonyl (C=O) groups excluding carboxylic acids is 2. The number of amides is 2. The van der Waals surface area contributed by atoms with Crippen LogP contribution >= 0.6 is 0 Å². The zero-order chi connectivity index (χ0) is 21.2. The number of hydrogen-bond donors (Lipinski definition) is 2. The van der Waals surface area contributed by atoms with E-state index < -0.39 is 29.2 Å². The molecule has 0 radical (unpaired) electrons. The smallest absolute Gasteiger partial charge is 0.326 e. The minimum Gasteiger partial charge on any atom is -0.326 e. The van der Waals surface area contributed by atoms with Gasteiger partial charge in [-0.3, -0.25) is 9.59 Å². The largest absolute Gasteiger partial charge is 0.418 e. The molecular formula is C19H16F3N5O2. The predicted octanol–water partition coefficient (Wildman–Crippen LogP) is 3.81. The van der Waals surface area contributed by atoms with Gasteiger partial charge in [-0.2, -0.15) is 23.1 Å². The molecule has 0 aliphatic heterocycles. The van der Waals surface area contributed by atoms with Gasteiger partial charge in [0, 0.05) is 12.6 Å². The minimum atomic E-state index is -4.74. The summed E-state index contributed by atoms with van der Waals surface area (Å²) in [6, 6.07) is 11.9. The van der Waals surface area contributed by atoms with Gasteiger partial charge in [-0.15, -0.1) is 5.10 Å². The SMILES string of the molecule is CC(=O)Nc1ccc(NC(=O)c2nn(-c3ccccc3)nc2C)c(C(F)(F)F)c1. The summed E-state index contributed by atoms with van der Waals surface area (Å²) >= 11 is 0. The number of anilines is 2. The van der Waals surface area contributed by atoms with Crippen molar-refractivity contribution in [3.05, 3.63) is 65.5 Å². The van der Waals surface area contributed by atoms with E-state index in [1.165, 1.54) is 24.7 Å². The van der Waals surface area contributed by atoms with Gasteiger partial charge in [0.1, 0.15) is 0 Å². The fourth-order valence-corrected chi connectivity index (χ4v) is 2.62. The average Bonchev–Trinajstić information content (AvgIpc) is 3.04. The standard InChI is InChI=1S/C19H16F3N5O2/c1-11-17(26-27(25-11)14-6-4-3-5-7-14)18(29)24-16-9-8-13(23-12(2)28)10-15(16)19(20,21)22/h3-10H,1-2H3,(H,23,28)(H,24,29). The molecule has 29 heavy (non-hydrogen) atoms. The number of carbonyl (C=O) groups is 2. The third kappa shape index (κ3) is 4.60. The van der Waals surface area contributed by atoms with Crippen LogP contribution in [0.2, 0.25) is 0 Å². The zero-order valence-electron chi connectivity index (χ0n) is 15.4. The van der Waals surface area contributed by atoms with Crippen LogP contribution < -0.4 is 10.6 Å². The summed E-state index contributed by atoms with van der Waals surface area (Å²) in [7, 11) is 0. The van der Waals surface area contributed by atoms with Crippen LogP contribution in [0, 0.1) is 6.92 Å². The van der Waals surface area contributed by atoms with Gasteiger partial charge in [-0.05, 0) is 37.3 Å². The summed E-state index contributed by atoms with van der Waals surface area (Å²) in [6.45, 7) is 2.72. The van der Waals surface area contributed by atoms with Crippen LogP contribution in [0.5, 0.6) is 0 Å². The van der Waals surface area contributed by atoms with E-state index in [4.69, 9.17) is 0 Å². The predicted molar refractivity (Wildman–Crippen MR) is 99.8 cm³/mol. The van der Waals surface area contributed by atoms with Gasteiger partial charge in [0.2, 0.25) is 5.91 Å². The van der Waals surface area contributed by atoms with Crippen LogP contribution in [0.1, 0.15) is 28.7 Å². The molecule has 3 rings (SSSR count). The Morgan fingerprint density at radius 1 is 1.00 bits per heavy atom. The Bertz CT molecular complexity index is 1060. The Balaban J connectivity index is 1.91. The third-order valence-electron chi connectivity index (χ3n) is 3.88. The summed E-state index contributed by atoms with van der Waals surface area (Å²) in [5.74, 6) is -1.34. The number of aryl methyl sites for hydroxylation is 1. The summed E-state index contributed by atoms with van der Waals surface area (Å²) < 4.78 is 40.3. The number of hydrogen-bond acceptors (Lipinski definition) is 4. The highest BCUT2D eigenvalue weighted by Crippen LogP contribution is 2.36. The number of benzene rings is 2. The lowest BCUT2D eigenvalue weighted by atomic mass is 10.1. The molecule has 7 nitrogen and oxygen atoms in total. The molecular weight excluding hydrogens is 387 g/mol. The highest BCUT2D eigenvalue weighted by Gasteiger charge is 2.34. The van der Waals surface area contributed by atoms with E-state index in [0.29, 0.717) is 5.69 Å². The lowest BCUT2D eigenvalue weighted by Gasteiger charge is -2.15. The monoisotopic (exact) mass is 403 g/mol. The van der Waals surface area contributed by atoms with E-state index in [-0.39, 0.29) is 17.1 Å². The van der Waals surface area contributed by atoms with Gasteiger partial charge < -0.3 is 10.6 Å². The molecule has 0 saturated carbocycles. The summed E-state index contributed by atoms with van der Waals surface area (Å²) in [4.78, 5) is 24.9. The normalized spacial score (nSPS) is 11.2. The molecule has 0 saturated heterocycles. The quantitative estimate of drug-likeness (QED) is 0.693. The summed E-state index contributed by atoms with van der Waals surface area (Å²) in [5, 5.41) is 12.7. The van der Waals surface area contributed by atoms with Crippen molar-refractivity contribution in [1.29, 1.82) is 0 Å². The lowest BCUT2D eigenvalue weighted by Crippen LogP contribution is -2.18. The molecule has 3 aromatic rings. The van der Waals surface area contributed by atoms with Crippen LogP contribution in [0.3, 0.4) is 0 Å². The molecule has 0 unspecified atom stereocenters. The maximum atomic E-state index is 13.4. The van der Waals surface area contributed by atoms with Crippen molar-refractivity contribution in [3.8, 4) is 5.69 Å². The first-order valence-corrected chi connectivity index (χ1v) is 8.44. The summed E-state index contributed by atoms with van der Waals surface area (Å²) in [5.41, 5.74) is -0.822. The molecule has 150 valence electrons. The van der Waals surface area contributed by atoms with Gasteiger partial charge in [-0.1, -0.05) is 18.2 Å². The van der Waals surface area contributed by atoms with Crippen molar-refractivity contribution in [2.75, 3.05) is 10.6 Å². The second-order valence-corrected chi connectivity index (χ2v) is 6.15. The van der Waals surface area contributed by atoms with Gasteiger partial charge in [0.15, 0.2) is 5.69 Å². The van der Waals surface area contributed by atoms with E-state index >= 15 is 0 Å². The Labute approximate surface area is 163 Å².